The van der Waals surface area contributed by atoms with Crippen LogP contribution in [0.25, 0.3) is 0 Å². The lowest BCUT2D eigenvalue weighted by Gasteiger charge is -2.15. The van der Waals surface area contributed by atoms with Crippen LogP contribution in [-0.2, 0) is 4.79 Å². The van der Waals surface area contributed by atoms with Gasteiger partial charge in [-0.05, 0) is 26.2 Å². The lowest BCUT2D eigenvalue weighted by Crippen LogP contribution is -2.32. The molecule has 1 amide bonds. The quantitative estimate of drug-likeness (QED) is 0.579. The van der Waals surface area contributed by atoms with Crippen molar-refractivity contribution in [3.8, 4) is 0 Å². The molecule has 0 aliphatic heterocycles. The molecule has 2 atom stereocenters. The molecule has 3 heteroatoms. The molecule has 1 aliphatic carbocycles. The maximum atomic E-state index is 10.6. The van der Waals surface area contributed by atoms with Crippen molar-refractivity contribution in [1.29, 1.82) is 0 Å². The number of aliphatic hydroxyl groups is 1. The van der Waals surface area contributed by atoms with Crippen molar-refractivity contribution in [2.24, 2.45) is 0 Å². The van der Waals surface area contributed by atoms with E-state index in [9.17, 15) is 9.90 Å². The van der Waals surface area contributed by atoms with Gasteiger partial charge in [0.1, 0.15) is 0 Å². The molecule has 11 heavy (non-hydrogen) atoms. The smallest absolute Gasteiger partial charge is 0.217 e. The summed E-state index contributed by atoms with van der Waals surface area (Å²) in [5.41, 5.74) is -0.562. The fraction of sp³-hybridized carbons (Fsp3) is 0.875. The van der Waals surface area contributed by atoms with Crippen LogP contribution in [0, 0.1) is 0 Å². The molecule has 0 heterocycles. The summed E-state index contributed by atoms with van der Waals surface area (Å²) in [7, 11) is 0. The molecule has 0 aromatic heterocycles. The van der Waals surface area contributed by atoms with Crippen molar-refractivity contribution in [3.05, 3.63) is 0 Å². The van der Waals surface area contributed by atoms with Crippen LogP contribution in [0.1, 0.15) is 33.1 Å². The Morgan fingerprint density at radius 2 is 2.36 bits per heavy atom. The van der Waals surface area contributed by atoms with Crippen LogP contribution < -0.4 is 5.32 Å². The minimum absolute atomic E-state index is 0.00676. The monoisotopic (exact) mass is 157 g/mol. The van der Waals surface area contributed by atoms with Gasteiger partial charge in [0.25, 0.3) is 0 Å². The number of hydrogen-bond donors (Lipinski definition) is 2. The normalized spacial score (nSPS) is 37.2. The molecular formula is C8H15NO2. The highest BCUT2D eigenvalue weighted by molar-refractivity contribution is 5.73. The van der Waals surface area contributed by atoms with E-state index < -0.39 is 5.60 Å². The molecule has 2 unspecified atom stereocenters. The Morgan fingerprint density at radius 3 is 2.73 bits per heavy atom. The van der Waals surface area contributed by atoms with Gasteiger partial charge < -0.3 is 10.4 Å². The molecule has 0 aromatic rings. The standard InChI is InChI=1S/C8H15NO2/c1-6(10)9-7-3-4-8(2,11)5-7/h7,11H,3-5H2,1-2H3,(H,9,10). The average Bonchev–Trinajstić information content (AvgIpc) is 2.08. The van der Waals surface area contributed by atoms with Crippen LogP contribution in [0.5, 0.6) is 0 Å². The summed E-state index contributed by atoms with van der Waals surface area (Å²) in [6, 6.07) is 0.183. The van der Waals surface area contributed by atoms with Crippen molar-refractivity contribution in [1.82, 2.24) is 5.32 Å². The Balaban J connectivity index is 2.36. The molecule has 1 aliphatic rings. The van der Waals surface area contributed by atoms with Crippen molar-refractivity contribution < 1.29 is 9.90 Å². The molecule has 64 valence electrons. The molecule has 0 saturated heterocycles. The first kappa shape index (κ1) is 8.53. The van der Waals surface area contributed by atoms with Crippen molar-refractivity contribution in [2.75, 3.05) is 0 Å². The summed E-state index contributed by atoms with van der Waals surface area (Å²) in [6.07, 6.45) is 2.37. The SMILES string of the molecule is CC(=O)NC1CCC(C)(O)C1. The first-order valence-electron chi connectivity index (χ1n) is 3.99. The van der Waals surface area contributed by atoms with E-state index >= 15 is 0 Å². The van der Waals surface area contributed by atoms with Crippen LogP contribution in [0.4, 0.5) is 0 Å². The predicted molar refractivity (Wildman–Crippen MR) is 42.1 cm³/mol. The molecule has 2 N–H and O–H groups in total. The zero-order valence-electron chi connectivity index (χ0n) is 7.05. The van der Waals surface area contributed by atoms with Crippen molar-refractivity contribution in [2.45, 2.75) is 44.8 Å². The Bertz CT molecular complexity index is 165. The first-order chi connectivity index (χ1) is 4.99. The number of amides is 1. The number of nitrogens with one attached hydrogen (secondary N) is 1. The van der Waals surface area contributed by atoms with Gasteiger partial charge in [-0.1, -0.05) is 0 Å². The van der Waals surface area contributed by atoms with Crippen LogP contribution in [0.2, 0.25) is 0 Å². The summed E-state index contributed by atoms with van der Waals surface area (Å²) in [6.45, 7) is 3.32. The van der Waals surface area contributed by atoms with E-state index in [0.29, 0.717) is 6.42 Å². The molecule has 0 radical (unpaired) electrons. The highest BCUT2D eigenvalue weighted by atomic mass is 16.3. The Morgan fingerprint density at radius 1 is 1.73 bits per heavy atom. The maximum Gasteiger partial charge on any atom is 0.217 e. The second-order valence-corrected chi connectivity index (χ2v) is 3.64. The van der Waals surface area contributed by atoms with Crippen LogP contribution >= 0.6 is 0 Å². The molecule has 0 aromatic carbocycles. The summed E-state index contributed by atoms with van der Waals surface area (Å²) >= 11 is 0. The summed E-state index contributed by atoms with van der Waals surface area (Å²) in [5, 5.41) is 12.3. The van der Waals surface area contributed by atoms with Gasteiger partial charge in [0, 0.05) is 13.0 Å². The average molecular weight is 157 g/mol. The van der Waals surface area contributed by atoms with Gasteiger partial charge in [-0.15, -0.1) is 0 Å². The fourth-order valence-corrected chi connectivity index (χ4v) is 1.63. The van der Waals surface area contributed by atoms with E-state index in [-0.39, 0.29) is 11.9 Å². The molecule has 1 saturated carbocycles. The van der Waals surface area contributed by atoms with Gasteiger partial charge >= 0.3 is 0 Å². The zero-order chi connectivity index (χ0) is 8.48. The van der Waals surface area contributed by atoms with E-state index in [0.717, 1.165) is 12.8 Å². The minimum Gasteiger partial charge on any atom is -0.390 e. The van der Waals surface area contributed by atoms with Crippen molar-refractivity contribution in [3.63, 3.8) is 0 Å². The van der Waals surface area contributed by atoms with Gasteiger partial charge in [0.2, 0.25) is 5.91 Å². The highest BCUT2D eigenvalue weighted by Gasteiger charge is 2.32. The molecule has 1 rings (SSSR count). The number of rotatable bonds is 1. The number of carbonyl (C=O) groups excluding carboxylic acids is 1. The van der Waals surface area contributed by atoms with E-state index in [1.54, 1.807) is 0 Å². The molecule has 3 nitrogen and oxygen atoms in total. The lowest BCUT2D eigenvalue weighted by atomic mass is 10.1. The van der Waals surface area contributed by atoms with E-state index in [1.165, 1.54) is 6.92 Å². The summed E-state index contributed by atoms with van der Waals surface area (Å²) < 4.78 is 0. The first-order valence-corrected chi connectivity index (χ1v) is 3.99. The summed E-state index contributed by atoms with van der Waals surface area (Å²) in [4.78, 5) is 10.6. The molecule has 1 fully saturated rings. The third kappa shape index (κ3) is 2.50. The van der Waals surface area contributed by atoms with E-state index in [1.807, 2.05) is 6.92 Å². The topological polar surface area (TPSA) is 49.3 Å². The largest absolute Gasteiger partial charge is 0.390 e. The van der Waals surface area contributed by atoms with Gasteiger partial charge in [-0.25, -0.2) is 0 Å². The minimum atomic E-state index is -0.562. The fourth-order valence-electron chi connectivity index (χ4n) is 1.63. The van der Waals surface area contributed by atoms with Gasteiger partial charge in [-0.3, -0.25) is 4.79 Å². The Labute approximate surface area is 66.8 Å². The summed E-state index contributed by atoms with van der Waals surface area (Å²) in [5.74, 6) is -0.00676. The van der Waals surface area contributed by atoms with Gasteiger partial charge in [0.05, 0.1) is 5.60 Å². The Hall–Kier alpha value is -0.570. The second kappa shape index (κ2) is 2.81. The van der Waals surface area contributed by atoms with Crippen LogP contribution in [-0.4, -0.2) is 22.7 Å². The lowest BCUT2D eigenvalue weighted by molar-refractivity contribution is -0.119. The number of hydrogen-bond acceptors (Lipinski definition) is 2. The molecule has 0 spiro atoms. The molecular weight excluding hydrogens is 142 g/mol. The second-order valence-electron chi connectivity index (χ2n) is 3.64. The maximum absolute atomic E-state index is 10.6. The van der Waals surface area contributed by atoms with Gasteiger partial charge in [0.15, 0.2) is 0 Å². The predicted octanol–water partition coefficient (Wildman–Crippen LogP) is 0.426. The number of carbonyl (C=O) groups is 1. The van der Waals surface area contributed by atoms with E-state index in [2.05, 4.69) is 5.32 Å². The van der Waals surface area contributed by atoms with Crippen LogP contribution in [0.15, 0.2) is 0 Å². The third-order valence-corrected chi connectivity index (χ3v) is 2.12. The van der Waals surface area contributed by atoms with Crippen LogP contribution in [0.3, 0.4) is 0 Å². The third-order valence-electron chi connectivity index (χ3n) is 2.12. The van der Waals surface area contributed by atoms with Gasteiger partial charge in [-0.2, -0.15) is 0 Å². The highest BCUT2D eigenvalue weighted by Crippen LogP contribution is 2.28. The van der Waals surface area contributed by atoms with Crippen molar-refractivity contribution >= 4 is 5.91 Å². The zero-order valence-corrected chi connectivity index (χ0v) is 7.05. The Kier molecular flexibility index (Phi) is 2.18. The molecule has 0 bridgehead atoms. The van der Waals surface area contributed by atoms with E-state index in [4.69, 9.17) is 0 Å².